The van der Waals surface area contributed by atoms with Crippen LogP contribution in [0.2, 0.25) is 0 Å². The fraction of sp³-hybridized carbons (Fsp3) is 0.375. The molecular formula is C8H11BrN2O. The molecule has 0 saturated carbocycles. The molecule has 3 nitrogen and oxygen atoms in total. The Bertz CT molecular complexity index is 258. The number of hydrogen-bond donors (Lipinski definition) is 2. The lowest BCUT2D eigenvalue weighted by Gasteiger charge is -2.21. The number of aromatic nitrogens is 1. The summed E-state index contributed by atoms with van der Waals surface area (Å²) in [5.41, 5.74) is 5.91. The van der Waals surface area contributed by atoms with Crippen LogP contribution < -0.4 is 5.73 Å². The highest BCUT2D eigenvalue weighted by atomic mass is 79.9. The number of aliphatic hydroxyl groups excluding tert-OH is 1. The molecule has 12 heavy (non-hydrogen) atoms. The van der Waals surface area contributed by atoms with Gasteiger partial charge in [-0.05, 0) is 34.5 Å². The summed E-state index contributed by atoms with van der Waals surface area (Å²) < 4.78 is 0.764. The molecule has 0 radical (unpaired) electrons. The molecule has 1 aromatic rings. The van der Waals surface area contributed by atoms with E-state index in [9.17, 15) is 0 Å². The molecule has 1 heterocycles. The Morgan fingerprint density at radius 1 is 1.67 bits per heavy atom. The molecule has 0 aromatic carbocycles. The van der Waals surface area contributed by atoms with Crippen molar-refractivity contribution in [2.24, 2.45) is 5.73 Å². The molecule has 0 saturated heterocycles. The SMILES string of the molecule is C[C@@](N)(CO)c1ccc(Br)nc1. The van der Waals surface area contributed by atoms with Crippen molar-refractivity contribution < 1.29 is 5.11 Å². The summed E-state index contributed by atoms with van der Waals surface area (Å²) in [4.78, 5) is 4.02. The van der Waals surface area contributed by atoms with Gasteiger partial charge in [-0.3, -0.25) is 0 Å². The van der Waals surface area contributed by atoms with Gasteiger partial charge in [0.15, 0.2) is 0 Å². The second-order valence-corrected chi connectivity index (χ2v) is 3.76. The molecule has 3 N–H and O–H groups in total. The van der Waals surface area contributed by atoms with E-state index in [2.05, 4.69) is 20.9 Å². The Labute approximate surface area is 79.7 Å². The van der Waals surface area contributed by atoms with Gasteiger partial charge in [0, 0.05) is 6.20 Å². The van der Waals surface area contributed by atoms with Gasteiger partial charge in [0.2, 0.25) is 0 Å². The first-order chi connectivity index (χ1) is 5.56. The average Bonchev–Trinajstić information content (AvgIpc) is 2.05. The van der Waals surface area contributed by atoms with E-state index in [1.54, 1.807) is 19.2 Å². The Balaban J connectivity index is 2.96. The summed E-state index contributed by atoms with van der Waals surface area (Å²) in [5.74, 6) is 0. The van der Waals surface area contributed by atoms with Crippen LogP contribution in [0.25, 0.3) is 0 Å². The molecule has 1 rings (SSSR count). The highest BCUT2D eigenvalue weighted by Gasteiger charge is 2.19. The number of aliphatic hydroxyl groups is 1. The van der Waals surface area contributed by atoms with Gasteiger partial charge in [0.1, 0.15) is 4.60 Å². The molecule has 0 fully saturated rings. The second-order valence-electron chi connectivity index (χ2n) is 2.95. The lowest BCUT2D eigenvalue weighted by Crippen LogP contribution is -2.36. The van der Waals surface area contributed by atoms with E-state index < -0.39 is 5.54 Å². The number of hydrogen-bond acceptors (Lipinski definition) is 3. The van der Waals surface area contributed by atoms with E-state index >= 15 is 0 Å². The Kier molecular flexibility index (Phi) is 2.82. The fourth-order valence-electron chi connectivity index (χ4n) is 0.805. The Morgan fingerprint density at radius 2 is 2.33 bits per heavy atom. The van der Waals surface area contributed by atoms with Crippen molar-refractivity contribution in [3.63, 3.8) is 0 Å². The van der Waals surface area contributed by atoms with E-state index in [-0.39, 0.29) is 6.61 Å². The smallest absolute Gasteiger partial charge is 0.106 e. The highest BCUT2D eigenvalue weighted by Crippen LogP contribution is 2.17. The molecule has 0 bridgehead atoms. The van der Waals surface area contributed by atoms with Crippen LogP contribution in [0.4, 0.5) is 0 Å². The molecule has 1 aromatic heterocycles. The first-order valence-electron chi connectivity index (χ1n) is 3.58. The van der Waals surface area contributed by atoms with Crippen molar-refractivity contribution in [2.75, 3.05) is 6.61 Å². The summed E-state index contributed by atoms with van der Waals surface area (Å²) in [5, 5.41) is 8.95. The largest absolute Gasteiger partial charge is 0.394 e. The molecule has 0 aliphatic rings. The van der Waals surface area contributed by atoms with Crippen LogP contribution in [0, 0.1) is 0 Å². The standard InChI is InChI=1S/C8H11BrN2O/c1-8(10,5-12)6-2-3-7(9)11-4-6/h2-4,12H,5,10H2,1H3/t8-/m1/s1. The molecule has 0 aliphatic heterocycles. The van der Waals surface area contributed by atoms with Gasteiger partial charge in [0.25, 0.3) is 0 Å². The zero-order valence-electron chi connectivity index (χ0n) is 6.79. The molecule has 66 valence electrons. The van der Waals surface area contributed by atoms with E-state index in [0.717, 1.165) is 10.2 Å². The Hall–Kier alpha value is -0.450. The van der Waals surface area contributed by atoms with Gasteiger partial charge >= 0.3 is 0 Å². The zero-order chi connectivity index (χ0) is 9.19. The predicted octanol–water partition coefficient (Wildman–Crippen LogP) is 1.01. The number of rotatable bonds is 2. The fourth-order valence-corrected chi connectivity index (χ4v) is 1.04. The van der Waals surface area contributed by atoms with Gasteiger partial charge in [-0.1, -0.05) is 6.07 Å². The molecule has 4 heteroatoms. The maximum Gasteiger partial charge on any atom is 0.106 e. The van der Waals surface area contributed by atoms with Gasteiger partial charge < -0.3 is 10.8 Å². The third-order valence-electron chi connectivity index (χ3n) is 1.72. The molecule has 1 atom stereocenters. The lowest BCUT2D eigenvalue weighted by atomic mass is 9.96. The predicted molar refractivity (Wildman–Crippen MR) is 50.6 cm³/mol. The first kappa shape index (κ1) is 9.64. The maximum absolute atomic E-state index is 8.95. The van der Waals surface area contributed by atoms with Crippen LogP contribution in [-0.2, 0) is 5.54 Å². The summed E-state index contributed by atoms with van der Waals surface area (Å²) >= 11 is 3.22. The van der Waals surface area contributed by atoms with E-state index in [1.165, 1.54) is 0 Å². The summed E-state index contributed by atoms with van der Waals surface area (Å²) in [6, 6.07) is 3.64. The van der Waals surface area contributed by atoms with Crippen LogP contribution in [-0.4, -0.2) is 16.7 Å². The first-order valence-corrected chi connectivity index (χ1v) is 4.37. The minimum absolute atomic E-state index is 0.0870. The van der Waals surface area contributed by atoms with Gasteiger partial charge in [-0.2, -0.15) is 0 Å². The summed E-state index contributed by atoms with van der Waals surface area (Å²) in [7, 11) is 0. The van der Waals surface area contributed by atoms with Crippen molar-refractivity contribution in [1.29, 1.82) is 0 Å². The van der Waals surface area contributed by atoms with Gasteiger partial charge in [0.05, 0.1) is 12.1 Å². The van der Waals surface area contributed by atoms with Crippen molar-refractivity contribution in [3.05, 3.63) is 28.5 Å². The molecule has 0 aliphatic carbocycles. The van der Waals surface area contributed by atoms with E-state index in [0.29, 0.717) is 0 Å². The number of nitrogens with two attached hydrogens (primary N) is 1. The summed E-state index contributed by atoms with van der Waals surface area (Å²) in [6.07, 6.45) is 1.65. The maximum atomic E-state index is 8.95. The van der Waals surface area contributed by atoms with Gasteiger partial charge in [-0.15, -0.1) is 0 Å². The van der Waals surface area contributed by atoms with Crippen molar-refractivity contribution >= 4 is 15.9 Å². The molecule has 0 unspecified atom stereocenters. The number of halogens is 1. The van der Waals surface area contributed by atoms with Crippen LogP contribution >= 0.6 is 15.9 Å². The van der Waals surface area contributed by atoms with Crippen LogP contribution in [0.1, 0.15) is 12.5 Å². The Morgan fingerprint density at radius 3 is 2.75 bits per heavy atom. The van der Waals surface area contributed by atoms with Crippen LogP contribution in [0.5, 0.6) is 0 Å². The van der Waals surface area contributed by atoms with Crippen LogP contribution in [0.3, 0.4) is 0 Å². The quantitative estimate of drug-likeness (QED) is 0.747. The van der Waals surface area contributed by atoms with Crippen molar-refractivity contribution in [3.8, 4) is 0 Å². The monoisotopic (exact) mass is 230 g/mol. The third-order valence-corrected chi connectivity index (χ3v) is 2.18. The van der Waals surface area contributed by atoms with E-state index in [4.69, 9.17) is 10.8 Å². The van der Waals surface area contributed by atoms with E-state index in [1.807, 2.05) is 6.07 Å². The number of nitrogens with zero attached hydrogens (tertiary/aromatic N) is 1. The van der Waals surface area contributed by atoms with Gasteiger partial charge in [-0.25, -0.2) is 4.98 Å². The normalized spacial score (nSPS) is 15.7. The average molecular weight is 231 g/mol. The lowest BCUT2D eigenvalue weighted by molar-refractivity contribution is 0.210. The highest BCUT2D eigenvalue weighted by molar-refractivity contribution is 9.10. The van der Waals surface area contributed by atoms with Crippen LogP contribution in [0.15, 0.2) is 22.9 Å². The summed E-state index contributed by atoms with van der Waals surface area (Å²) in [6.45, 7) is 1.67. The third kappa shape index (κ3) is 2.03. The molecule has 0 spiro atoms. The minimum atomic E-state index is -0.701. The number of pyridine rings is 1. The van der Waals surface area contributed by atoms with Crippen molar-refractivity contribution in [1.82, 2.24) is 4.98 Å². The molecule has 0 amide bonds. The molecular weight excluding hydrogens is 220 g/mol. The second kappa shape index (κ2) is 3.51. The zero-order valence-corrected chi connectivity index (χ0v) is 8.37. The van der Waals surface area contributed by atoms with Crippen molar-refractivity contribution in [2.45, 2.75) is 12.5 Å². The minimum Gasteiger partial charge on any atom is -0.394 e. The topological polar surface area (TPSA) is 59.1 Å².